The highest BCUT2D eigenvalue weighted by Crippen LogP contribution is 2.00. The van der Waals surface area contributed by atoms with E-state index in [0.29, 0.717) is 13.2 Å². The second-order valence-electron chi connectivity index (χ2n) is 4.84. The number of nitrogens with zero attached hydrogens (tertiary/aromatic N) is 2. The number of esters is 1. The second-order valence-corrected chi connectivity index (χ2v) is 4.84. The molecular formula is C14H26N2O4. The standard InChI is InChI=1S/C14H26N2O4/c1-5-9-16(11-13(18)15(3)4)10-12(17)7-8-14(19)20-6-2/h5-11H2,1-4H3. The van der Waals surface area contributed by atoms with Crippen molar-refractivity contribution in [1.29, 1.82) is 0 Å². The average Bonchev–Trinajstić information content (AvgIpc) is 2.36. The van der Waals surface area contributed by atoms with Gasteiger partial charge in [-0.05, 0) is 19.9 Å². The Morgan fingerprint density at radius 1 is 1.00 bits per heavy atom. The average molecular weight is 286 g/mol. The van der Waals surface area contributed by atoms with Crippen LogP contribution < -0.4 is 0 Å². The molecule has 0 aromatic rings. The van der Waals surface area contributed by atoms with Crippen molar-refractivity contribution >= 4 is 17.7 Å². The SMILES string of the molecule is CCCN(CC(=O)CCC(=O)OCC)CC(=O)N(C)C. The minimum absolute atomic E-state index is 0.0309. The van der Waals surface area contributed by atoms with Crippen molar-refractivity contribution in [3.8, 4) is 0 Å². The highest BCUT2D eigenvalue weighted by atomic mass is 16.5. The van der Waals surface area contributed by atoms with Crippen LogP contribution in [0.25, 0.3) is 0 Å². The van der Waals surface area contributed by atoms with Crippen molar-refractivity contribution in [1.82, 2.24) is 9.80 Å². The van der Waals surface area contributed by atoms with Crippen LogP contribution in [0, 0.1) is 0 Å². The predicted molar refractivity (Wildman–Crippen MR) is 76.3 cm³/mol. The third-order valence-electron chi connectivity index (χ3n) is 2.71. The zero-order valence-corrected chi connectivity index (χ0v) is 13.0. The quantitative estimate of drug-likeness (QED) is 0.553. The molecule has 0 heterocycles. The van der Waals surface area contributed by atoms with E-state index in [0.717, 1.165) is 6.42 Å². The number of Topliss-reactive ketones (excluding diaryl/α,β-unsaturated/α-hetero) is 1. The normalized spacial score (nSPS) is 10.4. The van der Waals surface area contributed by atoms with Crippen LogP contribution in [0.15, 0.2) is 0 Å². The lowest BCUT2D eigenvalue weighted by atomic mass is 10.2. The van der Waals surface area contributed by atoms with Crippen LogP contribution in [-0.4, -0.2) is 67.8 Å². The number of ketones is 1. The molecule has 0 radical (unpaired) electrons. The number of hydrogen-bond donors (Lipinski definition) is 0. The Hall–Kier alpha value is -1.43. The van der Waals surface area contributed by atoms with Crippen molar-refractivity contribution in [2.24, 2.45) is 0 Å². The lowest BCUT2D eigenvalue weighted by Gasteiger charge is -2.22. The molecule has 0 saturated carbocycles. The number of hydrogen-bond acceptors (Lipinski definition) is 5. The van der Waals surface area contributed by atoms with Crippen LogP contribution in [0.4, 0.5) is 0 Å². The molecule has 1 amide bonds. The summed E-state index contributed by atoms with van der Waals surface area (Å²) in [6.45, 7) is 5.17. The van der Waals surface area contributed by atoms with E-state index in [9.17, 15) is 14.4 Å². The van der Waals surface area contributed by atoms with E-state index in [1.54, 1.807) is 21.0 Å². The Morgan fingerprint density at radius 3 is 2.15 bits per heavy atom. The Labute approximate surface area is 121 Å². The summed E-state index contributed by atoms with van der Waals surface area (Å²) in [6, 6.07) is 0. The third kappa shape index (κ3) is 8.63. The van der Waals surface area contributed by atoms with Gasteiger partial charge >= 0.3 is 5.97 Å². The predicted octanol–water partition coefficient (Wildman–Crippen LogP) is 0.699. The van der Waals surface area contributed by atoms with Gasteiger partial charge in [-0.15, -0.1) is 0 Å². The van der Waals surface area contributed by atoms with Gasteiger partial charge in [0.05, 0.1) is 26.1 Å². The first-order chi connectivity index (χ1) is 9.40. The molecule has 0 aromatic carbocycles. The molecule has 6 nitrogen and oxygen atoms in total. The van der Waals surface area contributed by atoms with E-state index in [2.05, 4.69) is 0 Å². The van der Waals surface area contributed by atoms with Crippen LogP contribution in [0.1, 0.15) is 33.1 Å². The molecule has 0 aromatic heterocycles. The van der Waals surface area contributed by atoms with E-state index in [4.69, 9.17) is 4.74 Å². The summed E-state index contributed by atoms with van der Waals surface area (Å²) in [4.78, 5) is 38.0. The highest BCUT2D eigenvalue weighted by molar-refractivity contribution is 5.85. The van der Waals surface area contributed by atoms with Gasteiger partial charge in [0.1, 0.15) is 5.78 Å². The maximum Gasteiger partial charge on any atom is 0.306 e. The molecule has 116 valence electrons. The first kappa shape index (κ1) is 18.6. The summed E-state index contributed by atoms with van der Waals surface area (Å²) < 4.78 is 4.78. The Bertz CT molecular complexity index is 329. The zero-order chi connectivity index (χ0) is 15.5. The zero-order valence-electron chi connectivity index (χ0n) is 13.0. The summed E-state index contributed by atoms with van der Waals surface area (Å²) in [5.41, 5.74) is 0. The molecule has 0 unspecified atom stereocenters. The first-order valence-corrected chi connectivity index (χ1v) is 7.00. The molecule has 6 heteroatoms. The monoisotopic (exact) mass is 286 g/mol. The topological polar surface area (TPSA) is 66.9 Å². The lowest BCUT2D eigenvalue weighted by Crippen LogP contribution is -2.39. The number of likely N-dealkylation sites (N-methyl/N-ethyl adjacent to an activating group) is 1. The van der Waals surface area contributed by atoms with Crippen LogP contribution >= 0.6 is 0 Å². The fourth-order valence-corrected chi connectivity index (χ4v) is 1.67. The van der Waals surface area contributed by atoms with Gasteiger partial charge in [-0.2, -0.15) is 0 Å². The minimum atomic E-state index is -0.354. The molecule has 0 saturated heterocycles. The lowest BCUT2D eigenvalue weighted by molar-refractivity contribution is -0.144. The molecular weight excluding hydrogens is 260 g/mol. The smallest absolute Gasteiger partial charge is 0.306 e. The number of rotatable bonds is 10. The van der Waals surface area contributed by atoms with E-state index >= 15 is 0 Å². The second kappa shape index (κ2) is 10.4. The molecule has 0 rings (SSSR count). The van der Waals surface area contributed by atoms with Gasteiger partial charge in [0.15, 0.2) is 0 Å². The minimum Gasteiger partial charge on any atom is -0.466 e. The van der Waals surface area contributed by atoms with E-state index in [1.165, 1.54) is 4.90 Å². The van der Waals surface area contributed by atoms with Crippen molar-refractivity contribution in [3.05, 3.63) is 0 Å². The van der Waals surface area contributed by atoms with Crippen LogP contribution in [-0.2, 0) is 19.1 Å². The third-order valence-corrected chi connectivity index (χ3v) is 2.71. The summed E-state index contributed by atoms with van der Waals surface area (Å²) in [6.07, 6.45) is 1.13. The largest absolute Gasteiger partial charge is 0.466 e. The molecule has 0 fully saturated rings. The van der Waals surface area contributed by atoms with Gasteiger partial charge in [0.25, 0.3) is 0 Å². The molecule has 0 spiro atoms. The van der Waals surface area contributed by atoms with Gasteiger partial charge in [-0.3, -0.25) is 19.3 Å². The Morgan fingerprint density at radius 2 is 1.65 bits per heavy atom. The molecule has 20 heavy (non-hydrogen) atoms. The van der Waals surface area contributed by atoms with Crippen molar-refractivity contribution in [3.63, 3.8) is 0 Å². The van der Waals surface area contributed by atoms with Gasteiger partial charge < -0.3 is 9.64 Å². The van der Waals surface area contributed by atoms with Crippen molar-refractivity contribution in [2.45, 2.75) is 33.1 Å². The number of carbonyl (C=O) groups is 3. The summed E-state index contributed by atoms with van der Waals surface area (Å²) in [5.74, 6) is -0.429. The maximum atomic E-state index is 11.8. The fraction of sp³-hybridized carbons (Fsp3) is 0.786. The summed E-state index contributed by atoms with van der Waals surface area (Å²) >= 11 is 0. The molecule has 0 N–H and O–H groups in total. The first-order valence-electron chi connectivity index (χ1n) is 7.00. The number of ether oxygens (including phenoxy) is 1. The number of amides is 1. The fourth-order valence-electron chi connectivity index (χ4n) is 1.67. The molecule has 0 bridgehead atoms. The van der Waals surface area contributed by atoms with Crippen LogP contribution in [0.2, 0.25) is 0 Å². The Balaban J connectivity index is 4.19. The van der Waals surface area contributed by atoms with E-state index in [-0.39, 0.29) is 43.6 Å². The highest BCUT2D eigenvalue weighted by Gasteiger charge is 2.16. The van der Waals surface area contributed by atoms with Crippen LogP contribution in [0.3, 0.4) is 0 Å². The van der Waals surface area contributed by atoms with E-state index in [1.807, 2.05) is 11.8 Å². The van der Waals surface area contributed by atoms with E-state index < -0.39 is 0 Å². The van der Waals surface area contributed by atoms with Crippen molar-refractivity contribution in [2.75, 3.05) is 40.3 Å². The van der Waals surface area contributed by atoms with Crippen molar-refractivity contribution < 1.29 is 19.1 Å². The van der Waals surface area contributed by atoms with Gasteiger partial charge in [0, 0.05) is 20.5 Å². The number of carbonyl (C=O) groups excluding carboxylic acids is 3. The summed E-state index contributed by atoms with van der Waals surface area (Å²) in [5, 5.41) is 0. The molecule has 0 aliphatic heterocycles. The molecule has 0 atom stereocenters. The van der Waals surface area contributed by atoms with Gasteiger partial charge in [0.2, 0.25) is 5.91 Å². The molecule has 0 aliphatic rings. The van der Waals surface area contributed by atoms with Crippen LogP contribution in [0.5, 0.6) is 0 Å². The summed E-state index contributed by atoms with van der Waals surface area (Å²) in [7, 11) is 3.38. The van der Waals surface area contributed by atoms with Gasteiger partial charge in [-0.25, -0.2) is 0 Å². The maximum absolute atomic E-state index is 11.8. The van der Waals surface area contributed by atoms with Gasteiger partial charge in [-0.1, -0.05) is 6.92 Å². The molecule has 0 aliphatic carbocycles. The Kier molecular flexibility index (Phi) is 9.63.